The first-order valence-electron chi connectivity index (χ1n) is 9.11. The van der Waals surface area contributed by atoms with Gasteiger partial charge in [0.15, 0.2) is 18.1 Å². The number of anilines is 1. The molecule has 0 N–H and O–H groups in total. The fourth-order valence-corrected chi connectivity index (χ4v) is 2.83. The van der Waals surface area contributed by atoms with Gasteiger partial charge in [0, 0.05) is 24.4 Å². The van der Waals surface area contributed by atoms with Crippen molar-refractivity contribution in [1.29, 1.82) is 5.26 Å². The molecule has 0 radical (unpaired) electrons. The van der Waals surface area contributed by atoms with Gasteiger partial charge in [0.05, 0.1) is 25.2 Å². The molecule has 0 saturated carbocycles. The fourth-order valence-electron chi connectivity index (χ4n) is 2.83. The molecule has 1 heterocycles. The smallest absolute Gasteiger partial charge is 0.341 e. The topological polar surface area (TPSA) is 98.1 Å². The van der Waals surface area contributed by atoms with Gasteiger partial charge >= 0.3 is 5.97 Å². The van der Waals surface area contributed by atoms with Crippen LogP contribution in [0.25, 0.3) is 0 Å². The van der Waals surface area contributed by atoms with Crippen LogP contribution in [-0.4, -0.2) is 45.4 Å². The molecule has 0 unspecified atom stereocenters. The van der Waals surface area contributed by atoms with Gasteiger partial charge in [-0.15, -0.1) is 0 Å². The second kappa shape index (κ2) is 9.60. The summed E-state index contributed by atoms with van der Waals surface area (Å²) in [6.07, 6.45) is 0.0707. The number of methoxy groups -OCH3 is 1. The molecule has 2 aromatic carbocycles. The van der Waals surface area contributed by atoms with Gasteiger partial charge in [-0.05, 0) is 24.3 Å². The summed E-state index contributed by atoms with van der Waals surface area (Å²) in [4.78, 5) is 26.2. The van der Waals surface area contributed by atoms with Crippen LogP contribution >= 0.6 is 0 Å². The third-order valence-electron chi connectivity index (χ3n) is 4.31. The first-order valence-corrected chi connectivity index (χ1v) is 9.11. The van der Waals surface area contributed by atoms with E-state index in [0.29, 0.717) is 30.4 Å². The van der Waals surface area contributed by atoms with Crippen molar-refractivity contribution in [2.45, 2.75) is 6.42 Å². The summed E-state index contributed by atoms with van der Waals surface area (Å²) in [5, 5.41) is 8.91. The van der Waals surface area contributed by atoms with E-state index < -0.39 is 24.3 Å². The van der Waals surface area contributed by atoms with Gasteiger partial charge < -0.3 is 23.8 Å². The molecule has 3 rings (SSSR count). The summed E-state index contributed by atoms with van der Waals surface area (Å²) in [7, 11) is 1.37. The third-order valence-corrected chi connectivity index (χ3v) is 4.31. The van der Waals surface area contributed by atoms with Crippen LogP contribution in [0.5, 0.6) is 17.2 Å². The molecule has 1 amide bonds. The lowest BCUT2D eigenvalue weighted by Crippen LogP contribution is -2.35. The summed E-state index contributed by atoms with van der Waals surface area (Å²) < 4.78 is 34.9. The van der Waals surface area contributed by atoms with Crippen LogP contribution in [0.15, 0.2) is 36.4 Å². The van der Waals surface area contributed by atoms with Gasteiger partial charge in [0.1, 0.15) is 24.8 Å². The minimum absolute atomic E-state index is 0.0707. The van der Waals surface area contributed by atoms with E-state index in [0.717, 1.165) is 6.07 Å². The van der Waals surface area contributed by atoms with Gasteiger partial charge in [-0.25, -0.2) is 9.18 Å². The molecule has 1 aliphatic heterocycles. The molecule has 9 heteroatoms. The lowest BCUT2D eigenvalue weighted by Gasteiger charge is -2.24. The van der Waals surface area contributed by atoms with Crippen LogP contribution in [0.4, 0.5) is 10.1 Å². The van der Waals surface area contributed by atoms with Crippen LogP contribution in [0.2, 0.25) is 0 Å². The molecule has 0 aromatic heterocycles. The van der Waals surface area contributed by atoms with E-state index in [2.05, 4.69) is 0 Å². The standard InChI is InChI=1S/C21H19FN2O6/c1-27-15-4-5-16(17(22)12-15)21(26)30-13-20(25)24(8-2-7-23)14-3-6-18-19(11-14)29-10-9-28-18/h3-6,11-12H,2,8-10,13H2,1H3. The summed E-state index contributed by atoms with van der Waals surface area (Å²) in [5.74, 6) is -1.08. The molecule has 2 aromatic rings. The molecule has 0 bridgehead atoms. The highest BCUT2D eigenvalue weighted by molar-refractivity contribution is 5.97. The maximum Gasteiger partial charge on any atom is 0.341 e. The summed E-state index contributed by atoms with van der Waals surface area (Å²) in [6, 6.07) is 10.6. The van der Waals surface area contributed by atoms with Crippen molar-refractivity contribution in [2.75, 3.05) is 38.4 Å². The molecule has 0 aliphatic carbocycles. The highest BCUT2D eigenvalue weighted by Gasteiger charge is 2.22. The first kappa shape index (κ1) is 20.9. The summed E-state index contributed by atoms with van der Waals surface area (Å²) in [6.45, 7) is 0.280. The maximum absolute atomic E-state index is 14.0. The van der Waals surface area contributed by atoms with Gasteiger partial charge in [-0.1, -0.05) is 0 Å². The minimum atomic E-state index is -0.981. The Labute approximate surface area is 172 Å². The Kier molecular flexibility index (Phi) is 6.70. The molecule has 0 fully saturated rings. The number of esters is 1. The average molecular weight is 414 g/mol. The van der Waals surface area contributed by atoms with Crippen molar-refractivity contribution in [2.24, 2.45) is 0 Å². The Morgan fingerprint density at radius 1 is 1.17 bits per heavy atom. The minimum Gasteiger partial charge on any atom is -0.497 e. The number of nitrogens with zero attached hydrogens (tertiary/aromatic N) is 2. The first-order chi connectivity index (χ1) is 14.5. The van der Waals surface area contributed by atoms with Gasteiger partial charge in [0.25, 0.3) is 5.91 Å². The Morgan fingerprint density at radius 2 is 1.93 bits per heavy atom. The Bertz CT molecular complexity index is 988. The number of carbonyl (C=O) groups excluding carboxylic acids is 2. The number of ether oxygens (including phenoxy) is 4. The normalized spacial score (nSPS) is 11.9. The van der Waals surface area contributed by atoms with E-state index >= 15 is 0 Å². The van der Waals surface area contributed by atoms with Gasteiger partial charge in [-0.3, -0.25) is 4.79 Å². The van der Waals surface area contributed by atoms with Crippen molar-refractivity contribution in [1.82, 2.24) is 0 Å². The number of rotatable bonds is 7. The van der Waals surface area contributed by atoms with Crippen LogP contribution in [0.3, 0.4) is 0 Å². The van der Waals surface area contributed by atoms with Crippen molar-refractivity contribution in [3.05, 3.63) is 47.8 Å². The van der Waals surface area contributed by atoms with E-state index in [-0.39, 0.29) is 24.3 Å². The van der Waals surface area contributed by atoms with E-state index in [1.807, 2.05) is 6.07 Å². The van der Waals surface area contributed by atoms with E-state index in [1.165, 1.54) is 24.1 Å². The van der Waals surface area contributed by atoms with Crippen LogP contribution in [-0.2, 0) is 9.53 Å². The zero-order valence-electron chi connectivity index (χ0n) is 16.2. The number of nitriles is 1. The average Bonchev–Trinajstić information content (AvgIpc) is 2.77. The molecule has 156 valence electrons. The van der Waals surface area contributed by atoms with E-state index in [4.69, 9.17) is 24.2 Å². The number of amides is 1. The predicted octanol–water partition coefficient (Wildman–Crippen LogP) is 2.71. The summed E-state index contributed by atoms with van der Waals surface area (Å²) in [5.41, 5.74) is 0.151. The van der Waals surface area contributed by atoms with Crippen molar-refractivity contribution in [3.8, 4) is 23.3 Å². The SMILES string of the molecule is COc1ccc(C(=O)OCC(=O)N(CCC#N)c2ccc3c(c2)OCCO3)c(F)c1. The number of halogens is 1. The lowest BCUT2D eigenvalue weighted by atomic mass is 10.2. The Balaban J connectivity index is 1.71. The molecule has 1 aliphatic rings. The molecule has 0 saturated heterocycles. The monoisotopic (exact) mass is 414 g/mol. The highest BCUT2D eigenvalue weighted by Crippen LogP contribution is 2.34. The zero-order chi connectivity index (χ0) is 21.5. The molecule has 8 nitrogen and oxygen atoms in total. The fraction of sp³-hybridized carbons (Fsp3) is 0.286. The molecule has 0 atom stereocenters. The lowest BCUT2D eigenvalue weighted by molar-refractivity contribution is -0.121. The number of fused-ring (bicyclic) bond motifs is 1. The van der Waals surface area contributed by atoms with E-state index in [9.17, 15) is 14.0 Å². The van der Waals surface area contributed by atoms with Crippen molar-refractivity contribution in [3.63, 3.8) is 0 Å². The summed E-state index contributed by atoms with van der Waals surface area (Å²) >= 11 is 0. The Hall–Kier alpha value is -3.80. The number of hydrogen-bond acceptors (Lipinski definition) is 7. The molecule has 30 heavy (non-hydrogen) atoms. The van der Waals surface area contributed by atoms with Gasteiger partial charge in [0.2, 0.25) is 0 Å². The number of benzene rings is 2. The number of carbonyl (C=O) groups is 2. The highest BCUT2D eigenvalue weighted by atomic mass is 19.1. The van der Waals surface area contributed by atoms with Gasteiger partial charge in [-0.2, -0.15) is 5.26 Å². The zero-order valence-corrected chi connectivity index (χ0v) is 16.2. The molecular formula is C21H19FN2O6. The van der Waals surface area contributed by atoms with Crippen LogP contribution in [0.1, 0.15) is 16.8 Å². The predicted molar refractivity (Wildman–Crippen MR) is 103 cm³/mol. The maximum atomic E-state index is 14.0. The van der Waals surface area contributed by atoms with Crippen LogP contribution in [0, 0.1) is 17.1 Å². The second-order valence-corrected chi connectivity index (χ2v) is 6.20. The quantitative estimate of drug-likeness (QED) is 0.643. The third kappa shape index (κ3) is 4.78. The van der Waals surface area contributed by atoms with Crippen LogP contribution < -0.4 is 19.1 Å². The van der Waals surface area contributed by atoms with Crippen molar-refractivity contribution >= 4 is 17.6 Å². The van der Waals surface area contributed by atoms with Crippen molar-refractivity contribution < 1.29 is 32.9 Å². The largest absolute Gasteiger partial charge is 0.497 e. The molecular weight excluding hydrogens is 395 g/mol. The molecule has 0 spiro atoms. The van der Waals surface area contributed by atoms with E-state index in [1.54, 1.807) is 18.2 Å². The Morgan fingerprint density at radius 3 is 2.63 bits per heavy atom. The number of hydrogen-bond donors (Lipinski definition) is 0. The second-order valence-electron chi connectivity index (χ2n) is 6.20.